The predicted molar refractivity (Wildman–Crippen MR) is 108 cm³/mol. The fraction of sp³-hybridized carbons (Fsp3) is 0.304. The molecule has 0 radical (unpaired) electrons. The summed E-state index contributed by atoms with van der Waals surface area (Å²) in [7, 11) is 1.67. The SMILES string of the molecule is COc1ccccc1CN(Cc1ccco1)CC(O)COCc1ccccc1. The van der Waals surface area contributed by atoms with Crippen LogP contribution in [0.15, 0.2) is 77.4 Å². The lowest BCUT2D eigenvalue weighted by molar-refractivity contribution is 0.00603. The van der Waals surface area contributed by atoms with Gasteiger partial charge in [-0.25, -0.2) is 0 Å². The van der Waals surface area contributed by atoms with Crippen LogP contribution in [-0.4, -0.2) is 36.4 Å². The van der Waals surface area contributed by atoms with Crippen molar-refractivity contribution in [3.63, 3.8) is 0 Å². The Morgan fingerprint density at radius 3 is 2.50 bits per heavy atom. The molecule has 3 rings (SSSR count). The number of aliphatic hydroxyl groups is 1. The maximum atomic E-state index is 10.5. The average molecular weight is 381 g/mol. The number of methoxy groups -OCH3 is 1. The summed E-state index contributed by atoms with van der Waals surface area (Å²) in [6.45, 7) is 2.47. The molecule has 0 saturated heterocycles. The Balaban J connectivity index is 1.58. The number of nitrogens with zero attached hydrogens (tertiary/aromatic N) is 1. The van der Waals surface area contributed by atoms with E-state index in [2.05, 4.69) is 4.90 Å². The van der Waals surface area contributed by atoms with Crippen LogP contribution in [0.3, 0.4) is 0 Å². The van der Waals surface area contributed by atoms with Gasteiger partial charge in [-0.1, -0.05) is 48.5 Å². The average Bonchev–Trinajstić information content (AvgIpc) is 3.22. The summed E-state index contributed by atoms with van der Waals surface area (Å²) in [5, 5.41) is 10.5. The smallest absolute Gasteiger partial charge is 0.123 e. The van der Waals surface area contributed by atoms with E-state index in [1.165, 1.54) is 0 Å². The molecular weight excluding hydrogens is 354 g/mol. The highest BCUT2D eigenvalue weighted by molar-refractivity contribution is 5.33. The van der Waals surface area contributed by atoms with E-state index < -0.39 is 6.10 Å². The van der Waals surface area contributed by atoms with Crippen LogP contribution in [0.4, 0.5) is 0 Å². The van der Waals surface area contributed by atoms with E-state index in [0.29, 0.717) is 26.2 Å². The molecule has 1 N–H and O–H groups in total. The largest absolute Gasteiger partial charge is 0.496 e. The summed E-state index contributed by atoms with van der Waals surface area (Å²) in [6, 6.07) is 21.7. The summed E-state index contributed by atoms with van der Waals surface area (Å²) < 4.78 is 16.6. The van der Waals surface area contributed by atoms with E-state index in [-0.39, 0.29) is 6.61 Å². The second kappa shape index (κ2) is 10.7. The van der Waals surface area contributed by atoms with Crippen LogP contribution in [0.5, 0.6) is 5.75 Å². The first-order valence-corrected chi connectivity index (χ1v) is 9.41. The summed E-state index contributed by atoms with van der Waals surface area (Å²) in [4.78, 5) is 2.13. The first-order valence-electron chi connectivity index (χ1n) is 9.41. The number of hydrogen-bond acceptors (Lipinski definition) is 5. The van der Waals surface area contributed by atoms with Crippen LogP contribution in [0.1, 0.15) is 16.9 Å². The number of benzene rings is 2. The summed E-state index contributed by atoms with van der Waals surface area (Å²) >= 11 is 0. The number of hydrogen-bond donors (Lipinski definition) is 1. The minimum absolute atomic E-state index is 0.273. The molecule has 1 heterocycles. The Hall–Kier alpha value is -2.60. The number of ether oxygens (including phenoxy) is 2. The third-order valence-corrected chi connectivity index (χ3v) is 4.44. The third-order valence-electron chi connectivity index (χ3n) is 4.44. The van der Waals surface area contributed by atoms with Gasteiger partial charge in [-0.2, -0.15) is 0 Å². The zero-order valence-electron chi connectivity index (χ0n) is 16.2. The second-order valence-electron chi connectivity index (χ2n) is 6.72. The van der Waals surface area contributed by atoms with Crippen LogP contribution in [0.2, 0.25) is 0 Å². The van der Waals surface area contributed by atoms with Gasteiger partial charge in [0.2, 0.25) is 0 Å². The molecule has 28 heavy (non-hydrogen) atoms. The van der Waals surface area contributed by atoms with Crippen molar-refractivity contribution in [1.29, 1.82) is 0 Å². The molecule has 1 unspecified atom stereocenters. The van der Waals surface area contributed by atoms with Gasteiger partial charge in [0.25, 0.3) is 0 Å². The van der Waals surface area contributed by atoms with Crippen LogP contribution in [0, 0.1) is 0 Å². The van der Waals surface area contributed by atoms with Crippen molar-refractivity contribution in [3.8, 4) is 5.75 Å². The fourth-order valence-corrected chi connectivity index (χ4v) is 3.12. The minimum Gasteiger partial charge on any atom is -0.496 e. The van der Waals surface area contributed by atoms with Gasteiger partial charge in [-0.05, 0) is 23.8 Å². The molecule has 0 spiro atoms. The van der Waals surface area contributed by atoms with Gasteiger partial charge >= 0.3 is 0 Å². The Bertz CT molecular complexity index is 804. The summed E-state index contributed by atoms with van der Waals surface area (Å²) in [5.41, 5.74) is 2.16. The van der Waals surface area contributed by atoms with Crippen molar-refractivity contribution in [3.05, 3.63) is 89.9 Å². The van der Waals surface area contributed by atoms with Crippen molar-refractivity contribution in [2.24, 2.45) is 0 Å². The van der Waals surface area contributed by atoms with Crippen molar-refractivity contribution < 1.29 is 19.0 Å². The second-order valence-corrected chi connectivity index (χ2v) is 6.72. The summed E-state index contributed by atoms with van der Waals surface area (Å²) in [6.07, 6.45) is 1.06. The molecule has 5 nitrogen and oxygen atoms in total. The normalized spacial score (nSPS) is 12.2. The molecule has 1 atom stereocenters. The topological polar surface area (TPSA) is 55.1 Å². The van der Waals surface area contributed by atoms with Gasteiger partial charge < -0.3 is 19.0 Å². The lowest BCUT2D eigenvalue weighted by Gasteiger charge is -2.25. The van der Waals surface area contributed by atoms with E-state index in [4.69, 9.17) is 13.9 Å². The number of aliphatic hydroxyl groups excluding tert-OH is 1. The molecule has 0 fully saturated rings. The Labute approximate surface area is 166 Å². The first-order chi connectivity index (χ1) is 13.7. The van der Waals surface area contributed by atoms with E-state index in [1.807, 2.05) is 66.7 Å². The lowest BCUT2D eigenvalue weighted by Crippen LogP contribution is -2.34. The van der Waals surface area contributed by atoms with Crippen molar-refractivity contribution >= 4 is 0 Å². The highest BCUT2D eigenvalue weighted by atomic mass is 16.5. The quantitative estimate of drug-likeness (QED) is 0.546. The van der Waals surface area contributed by atoms with Gasteiger partial charge in [-0.15, -0.1) is 0 Å². The monoisotopic (exact) mass is 381 g/mol. The molecule has 0 amide bonds. The van der Waals surface area contributed by atoms with Gasteiger partial charge in [0.1, 0.15) is 11.5 Å². The number of furan rings is 1. The molecule has 0 bridgehead atoms. The third kappa shape index (κ3) is 6.23. The summed E-state index contributed by atoms with van der Waals surface area (Å²) in [5.74, 6) is 1.69. The van der Waals surface area contributed by atoms with Crippen LogP contribution >= 0.6 is 0 Å². The fourth-order valence-electron chi connectivity index (χ4n) is 3.12. The van der Waals surface area contributed by atoms with Crippen LogP contribution in [0.25, 0.3) is 0 Å². The molecule has 0 aliphatic heterocycles. The van der Waals surface area contributed by atoms with Crippen molar-refractivity contribution in [2.75, 3.05) is 20.3 Å². The lowest BCUT2D eigenvalue weighted by atomic mass is 10.1. The maximum Gasteiger partial charge on any atom is 0.123 e. The number of para-hydroxylation sites is 1. The van der Waals surface area contributed by atoms with E-state index in [0.717, 1.165) is 22.6 Å². The van der Waals surface area contributed by atoms with Crippen molar-refractivity contribution in [1.82, 2.24) is 4.90 Å². The molecule has 0 aliphatic carbocycles. The van der Waals surface area contributed by atoms with Gasteiger partial charge in [0.15, 0.2) is 0 Å². The Morgan fingerprint density at radius 2 is 1.75 bits per heavy atom. The van der Waals surface area contributed by atoms with Crippen molar-refractivity contribution in [2.45, 2.75) is 25.8 Å². The predicted octanol–water partition coefficient (Wildman–Crippen LogP) is 3.87. The zero-order chi connectivity index (χ0) is 19.6. The van der Waals surface area contributed by atoms with Gasteiger partial charge in [0.05, 0.1) is 39.2 Å². The molecule has 5 heteroatoms. The minimum atomic E-state index is -0.603. The van der Waals surface area contributed by atoms with E-state index in [9.17, 15) is 5.11 Å². The standard InChI is InChI=1S/C23H27NO4/c1-26-23-12-6-5-10-20(23)14-24(16-22-11-7-13-28-22)15-21(25)18-27-17-19-8-3-2-4-9-19/h2-13,21,25H,14-18H2,1H3. The van der Waals surface area contributed by atoms with Crippen LogP contribution < -0.4 is 4.74 Å². The number of rotatable bonds is 11. The zero-order valence-corrected chi connectivity index (χ0v) is 16.2. The molecule has 2 aromatic carbocycles. The van der Waals surface area contributed by atoms with E-state index in [1.54, 1.807) is 13.4 Å². The molecule has 148 valence electrons. The van der Waals surface area contributed by atoms with Crippen LogP contribution in [-0.2, 0) is 24.4 Å². The highest BCUT2D eigenvalue weighted by Gasteiger charge is 2.16. The first kappa shape index (κ1) is 20.1. The molecule has 0 aliphatic rings. The van der Waals surface area contributed by atoms with Gasteiger partial charge in [0, 0.05) is 18.7 Å². The molecule has 1 aromatic heterocycles. The Morgan fingerprint density at radius 1 is 0.964 bits per heavy atom. The molecular formula is C23H27NO4. The maximum absolute atomic E-state index is 10.5. The molecule has 3 aromatic rings. The van der Waals surface area contributed by atoms with Gasteiger partial charge in [-0.3, -0.25) is 4.90 Å². The Kier molecular flexibility index (Phi) is 7.67. The highest BCUT2D eigenvalue weighted by Crippen LogP contribution is 2.20. The van der Waals surface area contributed by atoms with E-state index >= 15 is 0 Å². The molecule has 0 saturated carbocycles.